The second kappa shape index (κ2) is 8.68. The lowest BCUT2D eigenvalue weighted by atomic mass is 9.98. The molecule has 32 heavy (non-hydrogen) atoms. The van der Waals surface area contributed by atoms with Crippen molar-refractivity contribution in [1.82, 2.24) is 20.7 Å². The number of H-pyrrole nitrogens is 1. The van der Waals surface area contributed by atoms with Gasteiger partial charge in [0.05, 0.1) is 12.7 Å². The molecule has 0 aliphatic rings. The Kier molecular flexibility index (Phi) is 5.63. The monoisotopic (exact) mass is 428 g/mol. The smallest absolute Gasteiger partial charge is 0.337 e. The van der Waals surface area contributed by atoms with Crippen LogP contribution >= 0.6 is 0 Å². The quantitative estimate of drug-likeness (QED) is 0.211. The topological polar surface area (TPSA) is 147 Å². The molecule has 5 N–H and O–H groups in total. The maximum atomic E-state index is 12.6. The number of amides is 1. The Bertz CT molecular complexity index is 1340. The summed E-state index contributed by atoms with van der Waals surface area (Å²) in [6.45, 7) is 0.194. The van der Waals surface area contributed by atoms with Gasteiger partial charge < -0.3 is 15.8 Å². The number of hydrogen-bond donors (Lipinski definition) is 4. The predicted molar refractivity (Wildman–Crippen MR) is 119 cm³/mol. The molecular weight excluding hydrogens is 408 g/mol. The number of nitrogen functional groups attached to an aromatic ring is 1. The molecule has 0 aliphatic heterocycles. The number of hydrogen-bond acceptors (Lipinski definition) is 6. The number of aromatic nitrogens is 3. The van der Waals surface area contributed by atoms with Crippen LogP contribution in [-0.2, 0) is 11.3 Å². The minimum absolute atomic E-state index is 0.0486. The molecular formula is C23H20N6O3. The van der Waals surface area contributed by atoms with E-state index in [4.69, 9.17) is 15.9 Å². The fourth-order valence-corrected chi connectivity index (χ4v) is 3.33. The lowest BCUT2D eigenvalue weighted by molar-refractivity contribution is 0.0600. The number of carbonyl (C=O) groups excluding carboxylic acids is 2. The van der Waals surface area contributed by atoms with Crippen LogP contribution in [0.2, 0.25) is 0 Å². The van der Waals surface area contributed by atoms with E-state index in [0.29, 0.717) is 33.3 Å². The van der Waals surface area contributed by atoms with Crippen molar-refractivity contribution in [3.8, 4) is 11.1 Å². The molecule has 0 atom stereocenters. The van der Waals surface area contributed by atoms with Gasteiger partial charge in [-0.2, -0.15) is 15.4 Å². The summed E-state index contributed by atoms with van der Waals surface area (Å²) < 4.78 is 4.88. The molecule has 0 spiro atoms. The van der Waals surface area contributed by atoms with Crippen LogP contribution in [0.1, 0.15) is 31.8 Å². The van der Waals surface area contributed by atoms with Crippen molar-refractivity contribution in [1.29, 1.82) is 5.41 Å². The van der Waals surface area contributed by atoms with Crippen LogP contribution in [0.15, 0.2) is 60.7 Å². The van der Waals surface area contributed by atoms with Crippen molar-refractivity contribution in [2.45, 2.75) is 6.54 Å². The van der Waals surface area contributed by atoms with E-state index in [2.05, 4.69) is 20.7 Å². The maximum absolute atomic E-state index is 12.6. The molecule has 0 unspecified atom stereocenters. The number of esters is 1. The van der Waals surface area contributed by atoms with Crippen molar-refractivity contribution in [3.63, 3.8) is 0 Å². The average molecular weight is 428 g/mol. The highest BCUT2D eigenvalue weighted by atomic mass is 16.5. The van der Waals surface area contributed by atoms with Crippen molar-refractivity contribution in [2.75, 3.05) is 7.11 Å². The van der Waals surface area contributed by atoms with Crippen LogP contribution in [0.4, 0.5) is 0 Å². The van der Waals surface area contributed by atoms with Crippen molar-refractivity contribution < 1.29 is 14.3 Å². The van der Waals surface area contributed by atoms with Crippen LogP contribution in [0.25, 0.3) is 22.2 Å². The number of methoxy groups -OCH3 is 1. The van der Waals surface area contributed by atoms with E-state index in [0.717, 1.165) is 11.1 Å². The van der Waals surface area contributed by atoms with Crippen LogP contribution in [0.5, 0.6) is 0 Å². The summed E-state index contributed by atoms with van der Waals surface area (Å²) in [5, 5.41) is 21.0. The van der Waals surface area contributed by atoms with Crippen LogP contribution < -0.4 is 11.1 Å². The number of fused-ring (bicyclic) bond motifs is 1. The van der Waals surface area contributed by atoms with Crippen LogP contribution in [-0.4, -0.2) is 40.2 Å². The van der Waals surface area contributed by atoms with Gasteiger partial charge in [0.25, 0.3) is 5.91 Å². The number of benzene rings is 3. The molecule has 0 saturated carbocycles. The Hall–Kier alpha value is -4.53. The minimum Gasteiger partial charge on any atom is -0.465 e. The molecule has 4 rings (SSSR count). The normalized spacial score (nSPS) is 10.7. The highest BCUT2D eigenvalue weighted by Crippen LogP contribution is 2.24. The third-order valence-electron chi connectivity index (χ3n) is 4.95. The molecule has 1 heterocycles. The van der Waals surface area contributed by atoms with Gasteiger partial charge in [0.15, 0.2) is 0 Å². The molecule has 0 bridgehead atoms. The first kappa shape index (κ1) is 20.7. The number of rotatable bonds is 6. The summed E-state index contributed by atoms with van der Waals surface area (Å²) in [6.07, 6.45) is 0. The van der Waals surface area contributed by atoms with Gasteiger partial charge in [-0.05, 0) is 59.2 Å². The van der Waals surface area contributed by atoms with E-state index < -0.39 is 5.97 Å². The van der Waals surface area contributed by atoms with E-state index in [1.165, 1.54) is 7.11 Å². The molecule has 9 heteroatoms. The second-order valence-corrected chi connectivity index (χ2v) is 7.11. The Balaban J connectivity index is 1.61. The van der Waals surface area contributed by atoms with Gasteiger partial charge in [-0.15, -0.1) is 0 Å². The molecule has 4 aromatic rings. The number of amidine groups is 1. The maximum Gasteiger partial charge on any atom is 0.337 e. The molecule has 3 aromatic carbocycles. The highest BCUT2D eigenvalue weighted by molar-refractivity contribution is 5.98. The molecule has 9 nitrogen and oxygen atoms in total. The van der Waals surface area contributed by atoms with Gasteiger partial charge >= 0.3 is 5.97 Å². The lowest BCUT2D eigenvalue weighted by Gasteiger charge is -2.11. The third-order valence-corrected chi connectivity index (χ3v) is 4.95. The molecule has 1 amide bonds. The van der Waals surface area contributed by atoms with E-state index in [1.54, 1.807) is 48.5 Å². The van der Waals surface area contributed by atoms with E-state index in [1.807, 2.05) is 12.1 Å². The fourth-order valence-electron chi connectivity index (χ4n) is 3.33. The highest BCUT2D eigenvalue weighted by Gasteiger charge is 2.13. The van der Waals surface area contributed by atoms with E-state index in [9.17, 15) is 9.59 Å². The van der Waals surface area contributed by atoms with Gasteiger partial charge in [0.1, 0.15) is 16.9 Å². The zero-order valence-corrected chi connectivity index (χ0v) is 17.2. The van der Waals surface area contributed by atoms with Gasteiger partial charge in [0, 0.05) is 17.7 Å². The van der Waals surface area contributed by atoms with Gasteiger partial charge in [-0.1, -0.05) is 18.2 Å². The van der Waals surface area contributed by atoms with Crippen molar-refractivity contribution >= 4 is 28.7 Å². The zero-order valence-electron chi connectivity index (χ0n) is 17.2. The molecule has 0 aliphatic carbocycles. The van der Waals surface area contributed by atoms with E-state index in [-0.39, 0.29) is 18.3 Å². The number of nitrogens with zero attached hydrogens (tertiary/aromatic N) is 2. The summed E-state index contributed by atoms with van der Waals surface area (Å²) in [4.78, 5) is 24.8. The van der Waals surface area contributed by atoms with Crippen molar-refractivity contribution in [3.05, 3.63) is 82.9 Å². The number of nitrogens with one attached hydrogen (secondary N) is 3. The largest absolute Gasteiger partial charge is 0.465 e. The number of carbonyl (C=O) groups is 2. The first-order valence-corrected chi connectivity index (χ1v) is 9.70. The Labute approximate surface area is 183 Å². The molecule has 0 fully saturated rings. The summed E-state index contributed by atoms with van der Waals surface area (Å²) in [6, 6.07) is 17.4. The number of ether oxygens (including phenoxy) is 1. The van der Waals surface area contributed by atoms with Gasteiger partial charge in [-0.25, -0.2) is 4.79 Å². The lowest BCUT2D eigenvalue weighted by Crippen LogP contribution is -2.23. The summed E-state index contributed by atoms with van der Waals surface area (Å²) in [5.41, 5.74) is 10.5. The average Bonchev–Trinajstić information content (AvgIpc) is 3.29. The Morgan fingerprint density at radius 3 is 2.53 bits per heavy atom. The molecule has 160 valence electrons. The van der Waals surface area contributed by atoms with Crippen LogP contribution in [0, 0.1) is 5.41 Å². The SMILES string of the molecule is COC(=O)c1cc(CNC(=O)c2ccc3n[nH]nc3c2)cc(-c2cccc(C(=N)N)c2)c1. The predicted octanol–water partition coefficient (Wildman–Crippen LogP) is 2.63. The Morgan fingerprint density at radius 2 is 1.75 bits per heavy atom. The summed E-state index contributed by atoms with van der Waals surface area (Å²) in [5.74, 6) is -0.815. The third kappa shape index (κ3) is 4.31. The van der Waals surface area contributed by atoms with Gasteiger partial charge in [-0.3, -0.25) is 10.2 Å². The summed E-state index contributed by atoms with van der Waals surface area (Å²) in [7, 11) is 1.31. The molecule has 1 aromatic heterocycles. The fraction of sp³-hybridized carbons (Fsp3) is 0.0870. The molecule has 0 saturated heterocycles. The zero-order chi connectivity index (χ0) is 22.7. The standard InChI is InChI=1S/C23H20N6O3/c1-32-23(31)18-8-13(7-17(10-18)14-3-2-4-15(9-14)21(24)25)12-26-22(30)16-5-6-19-20(11-16)28-29-27-19/h2-11H,12H2,1H3,(H3,24,25)(H,26,30)(H,27,28,29). The first-order chi connectivity index (χ1) is 15.4. The van der Waals surface area contributed by atoms with Crippen LogP contribution in [0.3, 0.4) is 0 Å². The van der Waals surface area contributed by atoms with E-state index >= 15 is 0 Å². The summed E-state index contributed by atoms with van der Waals surface area (Å²) >= 11 is 0. The second-order valence-electron chi connectivity index (χ2n) is 7.11. The number of nitrogens with two attached hydrogens (primary N) is 1. The number of aromatic amines is 1. The Morgan fingerprint density at radius 1 is 0.969 bits per heavy atom. The molecule has 0 radical (unpaired) electrons. The van der Waals surface area contributed by atoms with Crippen molar-refractivity contribution in [2.24, 2.45) is 5.73 Å². The minimum atomic E-state index is -0.487. The first-order valence-electron chi connectivity index (χ1n) is 9.70. The van der Waals surface area contributed by atoms with Gasteiger partial charge in [0.2, 0.25) is 0 Å².